The summed E-state index contributed by atoms with van der Waals surface area (Å²) in [5.74, 6) is -0.0869. The van der Waals surface area contributed by atoms with E-state index in [0.717, 1.165) is 49.0 Å². The van der Waals surface area contributed by atoms with E-state index in [-0.39, 0.29) is 5.91 Å². The molecule has 0 atom stereocenters. The number of rotatable bonds is 8. The minimum Gasteiger partial charge on any atom is -0.379 e. The van der Waals surface area contributed by atoms with Gasteiger partial charge in [-0.15, -0.1) is 11.3 Å². The van der Waals surface area contributed by atoms with Gasteiger partial charge in [0, 0.05) is 44.0 Å². The Morgan fingerprint density at radius 1 is 1.17 bits per heavy atom. The first-order valence-electron chi connectivity index (χ1n) is 10.2. The number of hydrogen-bond acceptors (Lipinski definition) is 5. The molecular weight excluding hydrogens is 396 g/mol. The van der Waals surface area contributed by atoms with Gasteiger partial charge in [0.25, 0.3) is 0 Å². The second-order valence-electron chi connectivity index (χ2n) is 7.17. The molecule has 1 aliphatic heterocycles. The lowest BCUT2D eigenvalue weighted by Crippen LogP contribution is -2.41. The number of benzene rings is 1. The number of ether oxygens (including phenoxy) is 1. The van der Waals surface area contributed by atoms with Gasteiger partial charge in [0.1, 0.15) is 5.69 Å². The number of nitrogens with one attached hydrogen (secondary N) is 1. The van der Waals surface area contributed by atoms with Crippen molar-refractivity contribution in [2.75, 3.05) is 39.4 Å². The van der Waals surface area contributed by atoms with Crippen molar-refractivity contribution in [2.24, 2.45) is 0 Å². The van der Waals surface area contributed by atoms with Crippen LogP contribution in [0.2, 0.25) is 0 Å². The Bertz CT molecular complexity index is 961. The van der Waals surface area contributed by atoms with Crippen molar-refractivity contribution in [3.8, 4) is 10.6 Å². The van der Waals surface area contributed by atoms with Crippen LogP contribution in [0.15, 0.2) is 60.1 Å². The maximum absolute atomic E-state index is 12.3. The van der Waals surface area contributed by atoms with Gasteiger partial charge in [0.2, 0.25) is 5.91 Å². The maximum Gasteiger partial charge on any atom is 0.244 e. The number of thiophene rings is 1. The molecule has 0 spiro atoms. The molecule has 0 saturated carbocycles. The molecule has 1 amide bonds. The van der Waals surface area contributed by atoms with Gasteiger partial charge in [-0.2, -0.15) is 5.10 Å². The lowest BCUT2D eigenvalue weighted by atomic mass is 10.2. The SMILES string of the molecule is O=C(/C=C/c1cn(Cc2ccccc2)nc1-c1cccs1)NCCN1CCOCC1. The van der Waals surface area contributed by atoms with Crippen LogP contribution in [0.3, 0.4) is 0 Å². The van der Waals surface area contributed by atoms with Crippen LogP contribution in [-0.4, -0.2) is 60.0 Å². The van der Waals surface area contributed by atoms with E-state index in [1.165, 1.54) is 5.56 Å². The minimum absolute atomic E-state index is 0.0869. The normalized spacial score (nSPS) is 14.9. The molecule has 0 aliphatic carbocycles. The van der Waals surface area contributed by atoms with Crippen LogP contribution in [0.4, 0.5) is 0 Å². The topological polar surface area (TPSA) is 59.4 Å². The molecule has 1 aliphatic rings. The number of carbonyl (C=O) groups is 1. The molecule has 1 saturated heterocycles. The van der Waals surface area contributed by atoms with Crippen LogP contribution < -0.4 is 5.32 Å². The number of aromatic nitrogens is 2. The van der Waals surface area contributed by atoms with E-state index in [1.807, 2.05) is 46.6 Å². The third-order valence-electron chi connectivity index (χ3n) is 4.98. The monoisotopic (exact) mass is 422 g/mol. The van der Waals surface area contributed by atoms with Crippen LogP contribution >= 0.6 is 11.3 Å². The van der Waals surface area contributed by atoms with Gasteiger partial charge >= 0.3 is 0 Å². The van der Waals surface area contributed by atoms with Gasteiger partial charge in [-0.3, -0.25) is 14.4 Å². The van der Waals surface area contributed by atoms with Crippen LogP contribution in [0.25, 0.3) is 16.6 Å². The number of carbonyl (C=O) groups excluding carboxylic acids is 1. The smallest absolute Gasteiger partial charge is 0.244 e. The molecule has 7 heteroatoms. The van der Waals surface area contributed by atoms with E-state index in [2.05, 4.69) is 28.4 Å². The van der Waals surface area contributed by atoms with Crippen molar-refractivity contribution >= 4 is 23.3 Å². The molecule has 2 aromatic heterocycles. The van der Waals surface area contributed by atoms with E-state index < -0.39 is 0 Å². The molecule has 1 aromatic carbocycles. The van der Waals surface area contributed by atoms with Crippen LogP contribution in [0.1, 0.15) is 11.1 Å². The van der Waals surface area contributed by atoms with Crippen LogP contribution in [-0.2, 0) is 16.1 Å². The number of nitrogens with zero attached hydrogens (tertiary/aromatic N) is 3. The molecule has 3 aromatic rings. The second kappa shape index (κ2) is 10.3. The van der Waals surface area contributed by atoms with Gasteiger partial charge in [-0.1, -0.05) is 36.4 Å². The zero-order valence-electron chi connectivity index (χ0n) is 16.9. The summed E-state index contributed by atoms with van der Waals surface area (Å²) in [7, 11) is 0. The first-order chi connectivity index (χ1) is 14.8. The fourth-order valence-corrected chi connectivity index (χ4v) is 4.13. The van der Waals surface area contributed by atoms with Crippen molar-refractivity contribution in [3.05, 3.63) is 71.2 Å². The Hall–Kier alpha value is -2.74. The fourth-order valence-electron chi connectivity index (χ4n) is 3.40. The number of amides is 1. The summed E-state index contributed by atoms with van der Waals surface area (Å²) < 4.78 is 7.28. The number of morpholine rings is 1. The highest BCUT2D eigenvalue weighted by Gasteiger charge is 2.12. The van der Waals surface area contributed by atoms with Crippen molar-refractivity contribution in [1.29, 1.82) is 0 Å². The summed E-state index contributed by atoms with van der Waals surface area (Å²) in [5.41, 5.74) is 3.03. The van der Waals surface area contributed by atoms with Gasteiger partial charge < -0.3 is 10.1 Å². The maximum atomic E-state index is 12.3. The molecule has 0 unspecified atom stereocenters. The van der Waals surface area contributed by atoms with Gasteiger partial charge in [-0.25, -0.2) is 0 Å². The van der Waals surface area contributed by atoms with Gasteiger partial charge in [-0.05, 0) is 23.1 Å². The molecular formula is C23H26N4O2S. The Kier molecular flexibility index (Phi) is 7.07. The van der Waals surface area contributed by atoms with Crippen LogP contribution in [0.5, 0.6) is 0 Å². The third-order valence-corrected chi connectivity index (χ3v) is 5.85. The Labute approximate surface area is 180 Å². The summed E-state index contributed by atoms with van der Waals surface area (Å²) in [6.07, 6.45) is 5.45. The summed E-state index contributed by atoms with van der Waals surface area (Å²) in [4.78, 5) is 15.7. The molecule has 156 valence electrons. The summed E-state index contributed by atoms with van der Waals surface area (Å²) in [6, 6.07) is 14.3. The average molecular weight is 423 g/mol. The molecule has 0 bridgehead atoms. The summed E-state index contributed by atoms with van der Waals surface area (Å²) in [5, 5.41) is 9.78. The van der Waals surface area contributed by atoms with E-state index in [1.54, 1.807) is 17.4 Å². The number of hydrogen-bond donors (Lipinski definition) is 1. The van der Waals surface area contributed by atoms with E-state index in [4.69, 9.17) is 9.84 Å². The van der Waals surface area contributed by atoms with Gasteiger partial charge in [0.15, 0.2) is 0 Å². The average Bonchev–Trinajstić information content (AvgIpc) is 3.44. The molecule has 3 heterocycles. The fraction of sp³-hybridized carbons (Fsp3) is 0.304. The molecule has 4 rings (SSSR count). The highest BCUT2D eigenvalue weighted by Crippen LogP contribution is 2.27. The predicted octanol–water partition coefficient (Wildman–Crippen LogP) is 3.12. The first kappa shape index (κ1) is 20.5. The van der Waals surface area contributed by atoms with Gasteiger partial charge in [0.05, 0.1) is 24.6 Å². The predicted molar refractivity (Wildman–Crippen MR) is 120 cm³/mol. The van der Waals surface area contributed by atoms with E-state index >= 15 is 0 Å². The molecule has 1 N–H and O–H groups in total. The quantitative estimate of drug-likeness (QED) is 0.567. The third kappa shape index (κ3) is 5.66. The van der Waals surface area contributed by atoms with Crippen molar-refractivity contribution < 1.29 is 9.53 Å². The largest absolute Gasteiger partial charge is 0.379 e. The Balaban J connectivity index is 1.40. The van der Waals surface area contributed by atoms with Crippen molar-refractivity contribution in [3.63, 3.8) is 0 Å². The van der Waals surface area contributed by atoms with Crippen LogP contribution in [0, 0.1) is 0 Å². The lowest BCUT2D eigenvalue weighted by molar-refractivity contribution is -0.116. The van der Waals surface area contributed by atoms with Crippen molar-refractivity contribution in [1.82, 2.24) is 20.0 Å². The minimum atomic E-state index is -0.0869. The molecule has 30 heavy (non-hydrogen) atoms. The highest BCUT2D eigenvalue weighted by molar-refractivity contribution is 7.13. The standard InChI is InChI=1S/C23H26N4O2S/c28-22(24-10-11-26-12-14-29-15-13-26)9-8-20-18-27(17-19-5-2-1-3-6-19)25-23(20)21-7-4-16-30-21/h1-9,16,18H,10-15,17H2,(H,24,28)/b9-8+. The molecule has 0 radical (unpaired) electrons. The molecule has 6 nitrogen and oxygen atoms in total. The summed E-state index contributed by atoms with van der Waals surface area (Å²) >= 11 is 1.65. The Morgan fingerprint density at radius 3 is 2.77 bits per heavy atom. The van der Waals surface area contributed by atoms with E-state index in [9.17, 15) is 4.79 Å². The van der Waals surface area contributed by atoms with Crippen molar-refractivity contribution in [2.45, 2.75) is 6.54 Å². The molecule has 1 fully saturated rings. The highest BCUT2D eigenvalue weighted by atomic mass is 32.1. The van der Waals surface area contributed by atoms with E-state index in [0.29, 0.717) is 13.1 Å². The first-order valence-corrected chi connectivity index (χ1v) is 11.1. The second-order valence-corrected chi connectivity index (χ2v) is 8.12. The zero-order valence-corrected chi connectivity index (χ0v) is 17.7. The Morgan fingerprint density at radius 2 is 2.00 bits per heavy atom. The zero-order chi connectivity index (χ0) is 20.6. The summed E-state index contributed by atoms with van der Waals surface area (Å²) in [6.45, 7) is 5.57. The lowest BCUT2D eigenvalue weighted by Gasteiger charge is -2.26.